The minimum atomic E-state index is -5.07. The van der Waals surface area contributed by atoms with Gasteiger partial charge in [0, 0.05) is 13.0 Å². The van der Waals surface area contributed by atoms with E-state index in [2.05, 4.69) is 84.9 Å². The van der Waals surface area contributed by atoms with Gasteiger partial charge in [-0.1, -0.05) is 119 Å². The third-order valence-corrected chi connectivity index (χ3v) is 9.01. The fourth-order valence-electron chi connectivity index (χ4n) is 5.53. The molecule has 13 heteroatoms. The van der Waals surface area contributed by atoms with Crippen LogP contribution in [0.3, 0.4) is 0 Å². The molecule has 1 heterocycles. The molecular formula is C42H70O12S. The van der Waals surface area contributed by atoms with Crippen LogP contribution in [0.25, 0.3) is 0 Å². The van der Waals surface area contributed by atoms with E-state index in [-0.39, 0.29) is 19.6 Å². The van der Waals surface area contributed by atoms with Gasteiger partial charge < -0.3 is 34.3 Å². The van der Waals surface area contributed by atoms with E-state index >= 15 is 0 Å². The number of aliphatic hydroxyl groups is 3. The van der Waals surface area contributed by atoms with E-state index in [0.29, 0.717) is 19.4 Å². The lowest BCUT2D eigenvalue weighted by Gasteiger charge is -2.41. The maximum atomic E-state index is 12.8. The van der Waals surface area contributed by atoms with Crippen molar-refractivity contribution in [2.45, 2.75) is 160 Å². The lowest BCUT2D eigenvalue weighted by atomic mass is 9.99. The zero-order valence-electron chi connectivity index (χ0n) is 33.2. The largest absolute Gasteiger partial charge is 0.457 e. The average molecular weight is 799 g/mol. The van der Waals surface area contributed by atoms with Gasteiger partial charge in [-0.15, -0.1) is 0 Å². The number of allylic oxidation sites excluding steroid dienone is 12. The first-order chi connectivity index (χ1) is 26.6. The minimum Gasteiger partial charge on any atom is -0.457 e. The molecule has 0 spiro atoms. The second-order valence-corrected chi connectivity index (χ2v) is 14.5. The predicted octanol–water partition coefficient (Wildman–Crippen LogP) is 7.57. The Morgan fingerprint density at radius 3 is 1.85 bits per heavy atom. The zero-order valence-corrected chi connectivity index (χ0v) is 34.0. The molecule has 0 aromatic rings. The van der Waals surface area contributed by atoms with Crippen LogP contribution in [0.2, 0.25) is 0 Å². The van der Waals surface area contributed by atoms with Crippen molar-refractivity contribution in [3.63, 3.8) is 0 Å². The molecule has 1 rings (SSSR count). The highest BCUT2D eigenvalue weighted by Gasteiger charge is 2.48. The van der Waals surface area contributed by atoms with Crippen LogP contribution in [-0.2, 0) is 38.3 Å². The SMILES string of the molecule is CC/C=C\C/C=C\C/C=C\C/C=C\C/C=C\CCCC(=O)OC(COCCCCCCCC/C=C\CCC)COC1OC(CO)C(O)C(OS(=O)(=O)O)C1O. The van der Waals surface area contributed by atoms with Gasteiger partial charge in [0.2, 0.25) is 0 Å². The monoisotopic (exact) mass is 798 g/mol. The summed E-state index contributed by atoms with van der Waals surface area (Å²) in [6, 6.07) is 0. The van der Waals surface area contributed by atoms with E-state index in [9.17, 15) is 28.5 Å². The van der Waals surface area contributed by atoms with Crippen molar-refractivity contribution in [2.75, 3.05) is 26.4 Å². The molecule has 55 heavy (non-hydrogen) atoms. The summed E-state index contributed by atoms with van der Waals surface area (Å²) in [4.78, 5) is 12.8. The Hall–Kier alpha value is -2.46. The lowest BCUT2D eigenvalue weighted by Crippen LogP contribution is -2.60. The van der Waals surface area contributed by atoms with E-state index < -0.39 is 59.8 Å². The molecule has 0 aliphatic carbocycles. The molecule has 4 N–H and O–H groups in total. The number of carbonyl (C=O) groups excluding carboxylic acids is 1. The third-order valence-electron chi connectivity index (χ3n) is 8.54. The van der Waals surface area contributed by atoms with Crippen LogP contribution in [0.1, 0.15) is 123 Å². The van der Waals surface area contributed by atoms with Crippen LogP contribution in [0.5, 0.6) is 0 Å². The molecule has 12 nitrogen and oxygen atoms in total. The normalized spacial score (nSPS) is 21.7. The van der Waals surface area contributed by atoms with Crippen LogP contribution in [0.4, 0.5) is 0 Å². The molecule has 6 atom stereocenters. The van der Waals surface area contributed by atoms with Crippen LogP contribution in [0.15, 0.2) is 72.9 Å². The smallest absolute Gasteiger partial charge is 0.397 e. The maximum absolute atomic E-state index is 12.8. The number of aliphatic hydroxyl groups excluding tert-OH is 3. The molecule has 1 fully saturated rings. The van der Waals surface area contributed by atoms with Crippen LogP contribution >= 0.6 is 0 Å². The molecule has 1 aliphatic rings. The van der Waals surface area contributed by atoms with Crippen molar-refractivity contribution in [3.05, 3.63) is 72.9 Å². The van der Waals surface area contributed by atoms with Crippen molar-refractivity contribution in [1.82, 2.24) is 0 Å². The van der Waals surface area contributed by atoms with Gasteiger partial charge >= 0.3 is 16.4 Å². The molecule has 0 aromatic heterocycles. The third kappa shape index (κ3) is 27.7. The van der Waals surface area contributed by atoms with E-state index in [1.54, 1.807) is 0 Å². The predicted molar refractivity (Wildman–Crippen MR) is 216 cm³/mol. The summed E-state index contributed by atoms with van der Waals surface area (Å²) >= 11 is 0. The van der Waals surface area contributed by atoms with Gasteiger partial charge in [-0.05, 0) is 70.6 Å². The molecule has 1 saturated heterocycles. The Labute approximate surface area is 331 Å². The first-order valence-corrected chi connectivity index (χ1v) is 21.6. The maximum Gasteiger partial charge on any atom is 0.397 e. The molecule has 0 saturated carbocycles. The summed E-state index contributed by atoms with van der Waals surface area (Å²) in [5, 5.41) is 30.5. The first kappa shape index (κ1) is 50.6. The second kappa shape index (κ2) is 33.7. The Balaban J connectivity index is 2.54. The van der Waals surface area contributed by atoms with Crippen LogP contribution in [0, 0.1) is 0 Å². The van der Waals surface area contributed by atoms with Crippen LogP contribution < -0.4 is 0 Å². The van der Waals surface area contributed by atoms with Gasteiger partial charge in [0.1, 0.15) is 30.5 Å². The molecule has 6 unspecified atom stereocenters. The number of ether oxygens (including phenoxy) is 4. The molecule has 0 amide bonds. The molecule has 0 radical (unpaired) electrons. The number of hydrogen-bond acceptors (Lipinski definition) is 11. The first-order valence-electron chi connectivity index (χ1n) is 20.2. The fourth-order valence-corrected chi connectivity index (χ4v) is 6.04. The quantitative estimate of drug-likeness (QED) is 0.0222. The fraction of sp³-hybridized carbons (Fsp3) is 0.690. The standard InChI is InChI=1S/C42H70O12S/c1-3-5-7-9-11-13-15-16-17-18-19-20-21-23-25-27-29-31-38(44)52-36(34-50-32-30-28-26-24-22-14-12-10-8-6-4-2)35-51-42-40(46)41(54-55(47,48)49)39(45)37(33-43)53-42/h5,7-8,10-11,13,16-17,19-20,23,25,36-37,39-43,45-46H,3-4,6,9,12,14-15,18,21-22,24,26-35H2,1-2H3,(H,47,48,49)/b7-5-,10-8-,13-11-,17-16-,20-19-,25-23-. The summed E-state index contributed by atoms with van der Waals surface area (Å²) in [5.41, 5.74) is 0. The van der Waals surface area contributed by atoms with Gasteiger partial charge in [0.15, 0.2) is 6.29 Å². The summed E-state index contributed by atoms with van der Waals surface area (Å²) in [6.45, 7) is 3.69. The van der Waals surface area contributed by atoms with Crippen molar-refractivity contribution < 1.29 is 56.2 Å². The van der Waals surface area contributed by atoms with Gasteiger partial charge in [-0.25, -0.2) is 4.18 Å². The Morgan fingerprint density at radius 2 is 1.25 bits per heavy atom. The average Bonchev–Trinajstić information content (AvgIpc) is 3.15. The molecular weight excluding hydrogens is 729 g/mol. The number of unbranched alkanes of at least 4 members (excludes halogenated alkanes) is 8. The van der Waals surface area contributed by atoms with Crippen molar-refractivity contribution >= 4 is 16.4 Å². The minimum absolute atomic E-state index is 0.00439. The molecule has 0 bridgehead atoms. The lowest BCUT2D eigenvalue weighted by molar-refractivity contribution is -0.301. The molecule has 0 aromatic carbocycles. The van der Waals surface area contributed by atoms with Gasteiger partial charge in [0.05, 0.1) is 19.8 Å². The van der Waals surface area contributed by atoms with Crippen molar-refractivity contribution in [2.24, 2.45) is 0 Å². The topological polar surface area (TPSA) is 178 Å². The highest BCUT2D eigenvalue weighted by atomic mass is 32.3. The number of esters is 1. The summed E-state index contributed by atoms with van der Waals surface area (Å²) in [7, 11) is -5.07. The summed E-state index contributed by atoms with van der Waals surface area (Å²) in [5.74, 6) is -0.463. The Morgan fingerprint density at radius 1 is 0.709 bits per heavy atom. The molecule has 1 aliphatic heterocycles. The van der Waals surface area contributed by atoms with Crippen molar-refractivity contribution in [1.29, 1.82) is 0 Å². The second-order valence-electron chi connectivity index (χ2n) is 13.5. The zero-order chi connectivity index (χ0) is 40.4. The number of hydrogen-bond donors (Lipinski definition) is 4. The van der Waals surface area contributed by atoms with Crippen LogP contribution in [-0.4, -0.2) is 97.5 Å². The molecule has 316 valence electrons. The number of rotatable bonds is 33. The highest BCUT2D eigenvalue weighted by Crippen LogP contribution is 2.26. The van der Waals surface area contributed by atoms with Gasteiger partial charge in [0.25, 0.3) is 0 Å². The Bertz CT molecular complexity index is 1240. The summed E-state index contributed by atoms with van der Waals surface area (Å²) < 4.78 is 58.7. The van der Waals surface area contributed by atoms with E-state index in [1.807, 2.05) is 6.08 Å². The Kier molecular flexibility index (Phi) is 30.9. The number of carbonyl (C=O) groups is 1. The van der Waals surface area contributed by atoms with Crippen molar-refractivity contribution in [3.8, 4) is 0 Å². The van der Waals surface area contributed by atoms with Gasteiger partial charge in [-0.2, -0.15) is 8.42 Å². The highest BCUT2D eigenvalue weighted by molar-refractivity contribution is 7.80. The summed E-state index contributed by atoms with van der Waals surface area (Å²) in [6.07, 6.45) is 32.4. The van der Waals surface area contributed by atoms with E-state index in [1.165, 1.54) is 19.3 Å². The van der Waals surface area contributed by atoms with Gasteiger partial charge in [-0.3, -0.25) is 9.35 Å². The van der Waals surface area contributed by atoms with E-state index in [0.717, 1.165) is 70.6 Å². The van der Waals surface area contributed by atoms with E-state index in [4.69, 9.17) is 23.5 Å².